The Balaban J connectivity index is 2.15. The molecule has 0 aromatic carbocycles. The van der Waals surface area contributed by atoms with Crippen molar-refractivity contribution in [1.82, 2.24) is 24.7 Å². The Hall–Kier alpha value is -1.49. The molecule has 7 nitrogen and oxygen atoms in total. The lowest BCUT2D eigenvalue weighted by Gasteiger charge is -2.16. The highest BCUT2D eigenvalue weighted by Gasteiger charge is 2.24. The number of carbonyl (C=O) groups excluding carboxylic acids is 1. The van der Waals surface area contributed by atoms with Crippen LogP contribution in [0.4, 0.5) is 8.78 Å². The maximum atomic E-state index is 13.1. The van der Waals surface area contributed by atoms with Crippen molar-refractivity contribution in [2.75, 3.05) is 11.2 Å². The van der Waals surface area contributed by atoms with Crippen molar-refractivity contribution in [1.29, 1.82) is 0 Å². The third-order valence-electron chi connectivity index (χ3n) is 3.54. The topological polar surface area (TPSA) is 77.6 Å². The predicted molar refractivity (Wildman–Crippen MR) is 94.3 cm³/mol. The molecular weight excluding hydrogens is 418 g/mol. The number of amides is 1. The van der Waals surface area contributed by atoms with Gasteiger partial charge in [0.15, 0.2) is 0 Å². The number of alkyl halides is 2. The summed E-state index contributed by atoms with van der Waals surface area (Å²) >= 11 is 4.66. The van der Waals surface area contributed by atoms with Crippen molar-refractivity contribution >= 4 is 33.6 Å². The second-order valence-corrected chi connectivity index (χ2v) is 7.48. The van der Waals surface area contributed by atoms with Crippen LogP contribution in [0.1, 0.15) is 37.5 Å². The molecule has 25 heavy (non-hydrogen) atoms. The third kappa shape index (κ3) is 4.38. The molecule has 0 saturated carbocycles. The van der Waals surface area contributed by atoms with Crippen molar-refractivity contribution in [2.45, 2.75) is 45.8 Å². The Morgan fingerprint density at radius 2 is 2.04 bits per heavy atom. The number of aryl methyl sites for hydroxylation is 1. The number of hydrogen-bond donors (Lipinski definition) is 1. The minimum Gasteiger partial charge on any atom is -0.273 e. The Morgan fingerprint density at radius 3 is 2.56 bits per heavy atom. The fraction of sp³-hybridized carbons (Fsp3) is 0.571. The molecule has 0 bridgehead atoms. The quantitative estimate of drug-likeness (QED) is 0.673. The number of hydrogen-bond acceptors (Lipinski definition) is 5. The van der Waals surface area contributed by atoms with Crippen LogP contribution < -0.4 is 5.43 Å². The van der Waals surface area contributed by atoms with Crippen molar-refractivity contribution < 1.29 is 13.6 Å². The zero-order valence-electron chi connectivity index (χ0n) is 14.3. The molecule has 0 aliphatic rings. The van der Waals surface area contributed by atoms with E-state index in [-0.39, 0.29) is 5.16 Å². The van der Waals surface area contributed by atoms with Crippen LogP contribution in [-0.4, -0.2) is 36.3 Å². The first kappa shape index (κ1) is 19.8. The number of nitrogens with zero attached hydrogens (tertiary/aromatic N) is 5. The van der Waals surface area contributed by atoms with Crippen LogP contribution >= 0.6 is 27.7 Å². The monoisotopic (exact) mass is 436 g/mol. The van der Waals surface area contributed by atoms with Crippen LogP contribution in [0.2, 0.25) is 0 Å². The van der Waals surface area contributed by atoms with Crippen LogP contribution in [0.25, 0.3) is 0 Å². The summed E-state index contributed by atoms with van der Waals surface area (Å²) in [6, 6.07) is 0. The summed E-state index contributed by atoms with van der Waals surface area (Å²) in [7, 11) is 0. The zero-order valence-corrected chi connectivity index (χ0v) is 16.7. The fourth-order valence-electron chi connectivity index (χ4n) is 2.17. The van der Waals surface area contributed by atoms with Gasteiger partial charge >= 0.3 is 0 Å². The van der Waals surface area contributed by atoms with Crippen LogP contribution in [-0.2, 0) is 11.3 Å². The molecule has 11 heteroatoms. The SMILES string of the molecule is CCSc1nnc(C(F)F)n1NC(=O)[C@H](C)Cn1nc(C)c(Br)c1C. The van der Waals surface area contributed by atoms with E-state index in [0.717, 1.165) is 20.5 Å². The largest absolute Gasteiger partial charge is 0.299 e. The molecule has 1 N–H and O–H groups in total. The van der Waals surface area contributed by atoms with Gasteiger partial charge in [0.05, 0.1) is 22.6 Å². The van der Waals surface area contributed by atoms with E-state index in [2.05, 4.69) is 36.7 Å². The van der Waals surface area contributed by atoms with E-state index >= 15 is 0 Å². The highest BCUT2D eigenvalue weighted by atomic mass is 79.9. The normalized spacial score (nSPS) is 12.6. The van der Waals surface area contributed by atoms with Crippen molar-refractivity contribution in [3.8, 4) is 0 Å². The summed E-state index contributed by atoms with van der Waals surface area (Å²) in [5, 5.41) is 11.8. The smallest absolute Gasteiger partial charge is 0.273 e. The maximum Gasteiger partial charge on any atom is 0.299 e. The minimum atomic E-state index is -2.83. The molecule has 0 unspecified atom stereocenters. The van der Waals surface area contributed by atoms with Gasteiger partial charge in [-0.15, -0.1) is 10.2 Å². The Kier molecular flexibility index (Phi) is 6.55. The predicted octanol–water partition coefficient (Wildman–Crippen LogP) is 3.31. The first-order valence-electron chi connectivity index (χ1n) is 7.62. The van der Waals surface area contributed by atoms with E-state index in [4.69, 9.17) is 0 Å². The Bertz CT molecular complexity index is 763. The summed E-state index contributed by atoms with van der Waals surface area (Å²) in [4.78, 5) is 12.5. The molecule has 0 aliphatic heterocycles. The zero-order chi connectivity index (χ0) is 18.7. The Morgan fingerprint density at radius 1 is 1.36 bits per heavy atom. The van der Waals surface area contributed by atoms with Crippen molar-refractivity contribution in [2.24, 2.45) is 5.92 Å². The van der Waals surface area contributed by atoms with Crippen molar-refractivity contribution in [3.63, 3.8) is 0 Å². The summed E-state index contributed by atoms with van der Waals surface area (Å²) in [6.45, 7) is 7.64. The first-order chi connectivity index (χ1) is 11.8. The lowest BCUT2D eigenvalue weighted by Crippen LogP contribution is -2.32. The molecule has 2 aromatic rings. The van der Waals surface area contributed by atoms with Gasteiger partial charge in [-0.2, -0.15) is 5.10 Å². The van der Waals surface area contributed by atoms with Crippen LogP contribution in [0.15, 0.2) is 9.63 Å². The van der Waals surface area contributed by atoms with Gasteiger partial charge in [0.1, 0.15) is 0 Å². The molecule has 2 rings (SSSR count). The van der Waals surface area contributed by atoms with Gasteiger partial charge in [-0.3, -0.25) is 14.9 Å². The Labute approximate surface area is 156 Å². The van der Waals surface area contributed by atoms with Crippen LogP contribution in [0.3, 0.4) is 0 Å². The molecule has 0 radical (unpaired) electrons. The van der Waals surface area contributed by atoms with Gasteiger partial charge in [-0.1, -0.05) is 25.6 Å². The van der Waals surface area contributed by atoms with Gasteiger partial charge in [-0.25, -0.2) is 13.5 Å². The number of carbonyl (C=O) groups is 1. The summed E-state index contributed by atoms with van der Waals surface area (Å²) in [5.74, 6) is -0.863. The van der Waals surface area contributed by atoms with E-state index in [1.54, 1.807) is 11.6 Å². The highest BCUT2D eigenvalue weighted by molar-refractivity contribution is 9.10. The number of rotatable bonds is 7. The van der Waals surface area contributed by atoms with E-state index < -0.39 is 24.1 Å². The standard InChI is InChI=1S/C14H19BrF2N6OS/c1-5-25-14-19-18-12(11(16)17)23(14)21-13(24)7(2)6-22-9(4)10(15)8(3)20-22/h7,11H,5-6H2,1-4H3,(H,21,24)/t7-/m1/s1. The molecule has 2 aromatic heterocycles. The molecule has 0 spiro atoms. The molecule has 138 valence electrons. The first-order valence-corrected chi connectivity index (χ1v) is 9.40. The molecule has 0 saturated heterocycles. The highest BCUT2D eigenvalue weighted by Crippen LogP contribution is 2.23. The number of thioether (sulfide) groups is 1. The molecule has 0 aliphatic carbocycles. The number of nitrogens with one attached hydrogen (secondary N) is 1. The van der Waals surface area contributed by atoms with Crippen LogP contribution in [0.5, 0.6) is 0 Å². The third-order valence-corrected chi connectivity index (χ3v) is 5.50. The van der Waals surface area contributed by atoms with Crippen molar-refractivity contribution in [3.05, 3.63) is 21.7 Å². The second-order valence-electron chi connectivity index (χ2n) is 5.45. The average molecular weight is 437 g/mol. The van der Waals surface area contributed by atoms with Gasteiger partial charge in [0.2, 0.25) is 16.9 Å². The summed E-state index contributed by atoms with van der Waals surface area (Å²) in [5.41, 5.74) is 4.21. The molecular formula is C14H19BrF2N6OS. The summed E-state index contributed by atoms with van der Waals surface area (Å²) < 4.78 is 29.7. The van der Waals surface area contributed by atoms with E-state index in [1.165, 1.54) is 11.8 Å². The average Bonchev–Trinajstić information content (AvgIpc) is 3.05. The van der Waals surface area contributed by atoms with E-state index in [9.17, 15) is 13.6 Å². The van der Waals surface area contributed by atoms with Gasteiger partial charge in [0, 0.05) is 5.69 Å². The fourth-order valence-corrected chi connectivity index (χ4v) is 3.07. The maximum absolute atomic E-state index is 13.1. The van der Waals surface area contributed by atoms with Crippen LogP contribution in [0, 0.1) is 19.8 Å². The van der Waals surface area contributed by atoms with E-state index in [1.807, 2.05) is 20.8 Å². The molecule has 1 atom stereocenters. The van der Waals surface area contributed by atoms with Gasteiger partial charge < -0.3 is 0 Å². The number of aromatic nitrogens is 5. The van der Waals surface area contributed by atoms with E-state index in [0.29, 0.717) is 12.3 Å². The molecule has 2 heterocycles. The second kappa shape index (κ2) is 8.26. The molecule has 1 amide bonds. The lowest BCUT2D eigenvalue weighted by atomic mass is 10.1. The van der Waals surface area contributed by atoms with Gasteiger partial charge in [0.25, 0.3) is 6.43 Å². The minimum absolute atomic E-state index is 0.229. The summed E-state index contributed by atoms with van der Waals surface area (Å²) in [6.07, 6.45) is -2.83. The van der Waals surface area contributed by atoms with Gasteiger partial charge in [-0.05, 0) is 35.5 Å². The lowest BCUT2D eigenvalue weighted by molar-refractivity contribution is -0.120. The number of halogens is 3. The molecule has 0 fully saturated rings.